The number of methoxy groups -OCH3 is 1. The van der Waals surface area contributed by atoms with Crippen molar-refractivity contribution in [2.24, 2.45) is 4.99 Å². The number of amidine groups is 1. The number of amides is 2. The number of ether oxygens (including phenoxy) is 1. The van der Waals surface area contributed by atoms with Gasteiger partial charge in [-0.05, 0) is 83.2 Å². The van der Waals surface area contributed by atoms with Gasteiger partial charge >= 0.3 is 5.97 Å². The van der Waals surface area contributed by atoms with Gasteiger partial charge in [0.25, 0.3) is 5.91 Å². The van der Waals surface area contributed by atoms with E-state index in [-0.39, 0.29) is 36.4 Å². The minimum atomic E-state index is -0.766. The van der Waals surface area contributed by atoms with E-state index in [1.165, 1.54) is 0 Å². The highest BCUT2D eigenvalue weighted by Gasteiger charge is 2.42. The standard InChI is InChI=1S/C34H50N6O5/c1-6-27-32(40(25-12-9-10-13-25)28(7-2)34(44)38(27)4)37-30(8-3)36-26-16-15-23(22-29(26)45-5)33(43)35-24-17-20-39(21-18-24)19-11-14-31(41)42/h6,8,15-16,22,24-25,28,36H,7,9-14,17-21H2,1-5H3,(H,35,43)(H,41,42)/b27-6+,30-8+,37-32+. The molecule has 1 aliphatic carbocycles. The molecule has 1 aromatic rings. The summed E-state index contributed by atoms with van der Waals surface area (Å²) in [6, 6.07) is 5.44. The number of likely N-dealkylation sites (N-methyl/N-ethyl adjacent to an activating group) is 1. The van der Waals surface area contributed by atoms with Crippen LogP contribution in [0.2, 0.25) is 0 Å². The van der Waals surface area contributed by atoms with E-state index < -0.39 is 5.97 Å². The van der Waals surface area contributed by atoms with Crippen LogP contribution in [0.4, 0.5) is 5.69 Å². The Labute approximate surface area is 267 Å². The molecule has 2 heterocycles. The van der Waals surface area contributed by atoms with Gasteiger partial charge in [-0.25, -0.2) is 4.99 Å². The molecule has 2 amide bonds. The number of nitrogens with zero attached hydrogens (tertiary/aromatic N) is 4. The van der Waals surface area contributed by atoms with Crippen LogP contribution < -0.4 is 15.4 Å². The molecule has 0 radical (unpaired) electrons. The summed E-state index contributed by atoms with van der Waals surface area (Å²) in [6.07, 6.45) is 11.4. The van der Waals surface area contributed by atoms with Crippen molar-refractivity contribution in [1.82, 2.24) is 20.0 Å². The van der Waals surface area contributed by atoms with Crippen molar-refractivity contribution >= 4 is 29.3 Å². The van der Waals surface area contributed by atoms with Gasteiger partial charge in [0.1, 0.15) is 17.6 Å². The fourth-order valence-electron chi connectivity index (χ4n) is 6.69. The van der Waals surface area contributed by atoms with E-state index >= 15 is 0 Å². The van der Waals surface area contributed by atoms with Crippen LogP contribution in [-0.2, 0) is 9.59 Å². The van der Waals surface area contributed by atoms with Crippen molar-refractivity contribution in [2.75, 3.05) is 39.1 Å². The minimum absolute atomic E-state index is 0.0681. The van der Waals surface area contributed by atoms with Crippen LogP contribution in [0.3, 0.4) is 0 Å². The van der Waals surface area contributed by atoms with Gasteiger partial charge in [0.2, 0.25) is 5.91 Å². The van der Waals surface area contributed by atoms with E-state index in [2.05, 4.69) is 27.4 Å². The lowest BCUT2D eigenvalue weighted by Gasteiger charge is -2.45. The van der Waals surface area contributed by atoms with E-state index in [1.807, 2.05) is 39.1 Å². The van der Waals surface area contributed by atoms with Crippen molar-refractivity contribution in [3.63, 3.8) is 0 Å². The van der Waals surface area contributed by atoms with E-state index in [4.69, 9.17) is 14.8 Å². The van der Waals surface area contributed by atoms with Crippen LogP contribution in [0.15, 0.2) is 46.9 Å². The molecule has 11 heteroatoms. The molecule has 1 aromatic carbocycles. The summed E-state index contributed by atoms with van der Waals surface area (Å²) < 4.78 is 5.70. The molecule has 11 nitrogen and oxygen atoms in total. The molecule has 45 heavy (non-hydrogen) atoms. The lowest BCUT2D eigenvalue weighted by Crippen LogP contribution is -2.60. The zero-order valence-electron chi connectivity index (χ0n) is 27.5. The van der Waals surface area contributed by atoms with Crippen LogP contribution >= 0.6 is 0 Å². The molecule has 246 valence electrons. The first kappa shape index (κ1) is 34.0. The number of carbonyl (C=O) groups is 3. The number of hydrogen-bond donors (Lipinski definition) is 3. The molecule has 3 N–H and O–H groups in total. The van der Waals surface area contributed by atoms with E-state index in [1.54, 1.807) is 24.1 Å². The molecule has 0 bridgehead atoms. The first-order valence-corrected chi connectivity index (χ1v) is 16.4. The molecule has 2 aliphatic heterocycles. The van der Waals surface area contributed by atoms with E-state index in [0.29, 0.717) is 35.7 Å². The predicted octanol–water partition coefficient (Wildman–Crippen LogP) is 4.82. The van der Waals surface area contributed by atoms with Crippen LogP contribution in [0, 0.1) is 0 Å². The number of carboxylic acid groups (broad SMARTS) is 1. The second-order valence-electron chi connectivity index (χ2n) is 12.1. The van der Waals surface area contributed by atoms with Gasteiger partial charge in [-0.2, -0.15) is 0 Å². The maximum Gasteiger partial charge on any atom is 0.303 e. The number of piperazine rings is 1. The summed E-state index contributed by atoms with van der Waals surface area (Å²) >= 11 is 0. The van der Waals surface area contributed by atoms with Crippen molar-refractivity contribution in [3.8, 4) is 5.75 Å². The summed E-state index contributed by atoms with van der Waals surface area (Å²) in [5.74, 6) is 1.12. The van der Waals surface area contributed by atoms with Crippen LogP contribution in [-0.4, -0.2) is 95.3 Å². The van der Waals surface area contributed by atoms with Gasteiger partial charge in [-0.3, -0.25) is 14.4 Å². The number of hydrogen-bond acceptors (Lipinski definition) is 7. The van der Waals surface area contributed by atoms with Crippen molar-refractivity contribution in [2.45, 2.75) is 96.7 Å². The highest BCUT2D eigenvalue weighted by molar-refractivity contribution is 6.08. The third-order valence-electron chi connectivity index (χ3n) is 9.18. The van der Waals surface area contributed by atoms with Gasteiger partial charge in [-0.1, -0.05) is 25.8 Å². The lowest BCUT2D eigenvalue weighted by molar-refractivity contribution is -0.137. The molecule has 1 saturated carbocycles. The summed E-state index contributed by atoms with van der Waals surface area (Å²) in [6.45, 7) is 8.35. The van der Waals surface area contributed by atoms with Gasteiger partial charge in [-0.15, -0.1) is 0 Å². The minimum Gasteiger partial charge on any atom is -0.495 e. The number of aliphatic carboxylic acids is 1. The first-order chi connectivity index (χ1) is 21.7. The van der Waals surface area contributed by atoms with Crippen LogP contribution in [0.5, 0.6) is 5.75 Å². The number of rotatable bonds is 12. The molecule has 4 rings (SSSR count). The van der Waals surface area contributed by atoms with E-state index in [0.717, 1.165) is 69.7 Å². The van der Waals surface area contributed by atoms with Crippen molar-refractivity contribution in [1.29, 1.82) is 0 Å². The van der Waals surface area contributed by atoms with Crippen molar-refractivity contribution in [3.05, 3.63) is 47.4 Å². The highest BCUT2D eigenvalue weighted by atomic mass is 16.5. The highest BCUT2D eigenvalue weighted by Crippen LogP contribution is 2.34. The van der Waals surface area contributed by atoms with Gasteiger partial charge in [0.05, 0.1) is 18.5 Å². The number of piperidine rings is 1. The third kappa shape index (κ3) is 8.25. The maximum atomic E-state index is 13.3. The first-order valence-electron chi connectivity index (χ1n) is 16.4. The molecular weight excluding hydrogens is 572 g/mol. The zero-order chi connectivity index (χ0) is 32.5. The largest absolute Gasteiger partial charge is 0.495 e. The Hall–Kier alpha value is -3.86. The normalized spacial score (nSPS) is 22.4. The second-order valence-corrected chi connectivity index (χ2v) is 12.1. The Bertz CT molecular complexity index is 1310. The summed E-state index contributed by atoms with van der Waals surface area (Å²) in [5, 5.41) is 15.4. The number of benzene rings is 1. The summed E-state index contributed by atoms with van der Waals surface area (Å²) in [5.41, 5.74) is 1.99. The third-order valence-corrected chi connectivity index (χ3v) is 9.18. The number of carboxylic acids is 1. The smallest absolute Gasteiger partial charge is 0.303 e. The Morgan fingerprint density at radius 1 is 1.13 bits per heavy atom. The molecule has 2 saturated heterocycles. The summed E-state index contributed by atoms with van der Waals surface area (Å²) in [4.78, 5) is 48.6. The van der Waals surface area contributed by atoms with Gasteiger partial charge in [0.15, 0.2) is 5.84 Å². The lowest BCUT2D eigenvalue weighted by atomic mass is 10.0. The Balaban J connectivity index is 1.47. The molecule has 3 aliphatic rings. The molecule has 0 spiro atoms. The van der Waals surface area contributed by atoms with Gasteiger partial charge in [0, 0.05) is 44.2 Å². The molecule has 1 unspecified atom stereocenters. The Kier molecular flexibility index (Phi) is 12.0. The second kappa shape index (κ2) is 15.9. The quantitative estimate of drug-likeness (QED) is 0.303. The molecular formula is C34H50N6O5. The number of aliphatic imine (C=N–C) groups is 1. The average Bonchev–Trinajstić information content (AvgIpc) is 3.57. The Morgan fingerprint density at radius 2 is 1.84 bits per heavy atom. The summed E-state index contributed by atoms with van der Waals surface area (Å²) in [7, 11) is 3.40. The number of nitrogens with one attached hydrogen (secondary N) is 2. The van der Waals surface area contributed by atoms with Crippen molar-refractivity contribution < 1.29 is 24.2 Å². The number of anilines is 1. The molecule has 3 fully saturated rings. The average molecular weight is 623 g/mol. The SMILES string of the molecule is C/C=C(/N=C1\C(=C/C)N(C)C(=O)C(CC)N1C1CCCC1)Nc1ccc(C(=O)NC2CCN(CCCC(=O)O)CC2)cc1OC. The topological polar surface area (TPSA) is 127 Å². The molecule has 0 aromatic heterocycles. The predicted molar refractivity (Wildman–Crippen MR) is 176 cm³/mol. The number of likely N-dealkylation sites (tertiary alicyclic amines) is 1. The van der Waals surface area contributed by atoms with Gasteiger partial charge < -0.3 is 35.2 Å². The maximum absolute atomic E-state index is 13.3. The van der Waals surface area contributed by atoms with Crippen LogP contribution in [0.25, 0.3) is 0 Å². The van der Waals surface area contributed by atoms with E-state index in [9.17, 15) is 14.4 Å². The fraction of sp³-hybridized carbons (Fsp3) is 0.588. The Morgan fingerprint density at radius 3 is 2.44 bits per heavy atom. The monoisotopic (exact) mass is 622 g/mol. The van der Waals surface area contributed by atoms with Crippen LogP contribution in [0.1, 0.15) is 88.9 Å². The zero-order valence-corrected chi connectivity index (χ0v) is 27.5. The molecule has 1 atom stereocenters. The fourth-order valence-corrected chi connectivity index (χ4v) is 6.69. The number of allylic oxidation sites excluding steroid dienone is 2. The number of carbonyl (C=O) groups excluding carboxylic acids is 2.